The predicted octanol–water partition coefficient (Wildman–Crippen LogP) is 4.29. The molecule has 1 heterocycles. The molecular formula is C18H23NO2S. The Kier molecular flexibility index (Phi) is 5.35. The molecule has 1 unspecified atom stereocenters. The van der Waals surface area contributed by atoms with Crippen LogP contribution in [0.5, 0.6) is 0 Å². The first-order valence-electron chi connectivity index (χ1n) is 7.59. The fraction of sp³-hybridized carbons (Fsp3) is 0.389. The monoisotopic (exact) mass is 317 g/mol. The van der Waals surface area contributed by atoms with Crippen LogP contribution in [0.3, 0.4) is 0 Å². The van der Waals surface area contributed by atoms with E-state index in [-0.39, 0.29) is 5.91 Å². The van der Waals surface area contributed by atoms with Gasteiger partial charge in [-0.3, -0.25) is 9.36 Å². The average Bonchev–Trinajstić information content (AvgIpc) is 2.96. The number of benzene rings is 1. The molecule has 0 N–H and O–H groups in total. The molecule has 0 amide bonds. The quantitative estimate of drug-likeness (QED) is 0.825. The van der Waals surface area contributed by atoms with E-state index in [1.807, 2.05) is 31.2 Å². The summed E-state index contributed by atoms with van der Waals surface area (Å²) in [6.45, 7) is 8.28. The highest BCUT2D eigenvalue weighted by Gasteiger charge is 2.19. The highest BCUT2D eigenvalue weighted by atomic mass is 32.2. The Bertz CT molecular complexity index is 671. The molecule has 0 aliphatic rings. The highest BCUT2D eigenvalue weighted by molar-refractivity contribution is 7.85. The molecular weight excluding hydrogens is 294 g/mol. The third-order valence-corrected chi connectivity index (χ3v) is 5.45. The van der Waals surface area contributed by atoms with Gasteiger partial charge in [-0.2, -0.15) is 0 Å². The van der Waals surface area contributed by atoms with Crippen molar-refractivity contribution in [2.24, 2.45) is 11.8 Å². The molecule has 4 heteroatoms. The molecule has 2 rings (SSSR count). The van der Waals surface area contributed by atoms with E-state index < -0.39 is 10.8 Å². The predicted molar refractivity (Wildman–Crippen MR) is 89.5 cm³/mol. The second-order valence-electron chi connectivity index (χ2n) is 6.12. The van der Waals surface area contributed by atoms with Gasteiger partial charge in [-0.1, -0.05) is 38.5 Å². The normalized spacial score (nSPS) is 14.0. The first kappa shape index (κ1) is 16.7. The van der Waals surface area contributed by atoms with Gasteiger partial charge in [-0.05, 0) is 43.0 Å². The van der Waals surface area contributed by atoms with Gasteiger partial charge in [0.1, 0.15) is 15.8 Å². The average molecular weight is 317 g/mol. The molecule has 0 bridgehead atoms. The van der Waals surface area contributed by atoms with E-state index in [1.54, 1.807) is 18.3 Å². The van der Waals surface area contributed by atoms with Crippen LogP contribution in [-0.2, 0) is 10.8 Å². The van der Waals surface area contributed by atoms with E-state index in [1.165, 1.54) is 4.57 Å². The molecule has 0 aliphatic carbocycles. The summed E-state index contributed by atoms with van der Waals surface area (Å²) in [7, 11) is -1.34. The molecule has 3 nitrogen and oxygen atoms in total. The zero-order valence-electron chi connectivity index (χ0n) is 13.6. The summed E-state index contributed by atoms with van der Waals surface area (Å²) in [4.78, 5) is 13.2. The van der Waals surface area contributed by atoms with Gasteiger partial charge in [0.2, 0.25) is 5.91 Å². The molecule has 118 valence electrons. The number of hydrogen-bond acceptors (Lipinski definition) is 2. The van der Waals surface area contributed by atoms with Crippen molar-refractivity contribution >= 4 is 16.7 Å². The van der Waals surface area contributed by atoms with Crippen LogP contribution >= 0.6 is 0 Å². The second kappa shape index (κ2) is 7.05. The summed E-state index contributed by atoms with van der Waals surface area (Å²) >= 11 is 0. The maximum atomic E-state index is 12.7. The molecule has 0 saturated heterocycles. The molecule has 1 aromatic carbocycles. The Hall–Kier alpha value is -1.68. The van der Waals surface area contributed by atoms with Gasteiger partial charge in [0, 0.05) is 17.5 Å². The minimum atomic E-state index is -1.34. The zero-order chi connectivity index (χ0) is 16.3. The SMILES string of the molecule is Cc1ccc(S(=O)c2cccn2C(=O)C[C@H](C)C(C)C)cc1. The van der Waals surface area contributed by atoms with Crippen molar-refractivity contribution in [2.75, 3.05) is 0 Å². The molecule has 2 aromatic rings. The minimum Gasteiger partial charge on any atom is -0.279 e. The molecule has 0 fully saturated rings. The van der Waals surface area contributed by atoms with Crippen molar-refractivity contribution in [2.45, 2.75) is 44.0 Å². The number of aromatic nitrogens is 1. The Morgan fingerprint density at radius 1 is 1.14 bits per heavy atom. The van der Waals surface area contributed by atoms with E-state index in [4.69, 9.17) is 0 Å². The maximum absolute atomic E-state index is 12.7. The molecule has 1 aromatic heterocycles. The Labute approximate surface area is 134 Å². The molecule has 0 spiro atoms. The van der Waals surface area contributed by atoms with E-state index in [2.05, 4.69) is 20.8 Å². The van der Waals surface area contributed by atoms with Crippen molar-refractivity contribution in [1.82, 2.24) is 4.57 Å². The van der Waals surface area contributed by atoms with Crippen LogP contribution in [0.25, 0.3) is 0 Å². The molecule has 0 saturated carbocycles. The van der Waals surface area contributed by atoms with Gasteiger partial charge in [0.05, 0.1) is 0 Å². The lowest BCUT2D eigenvalue weighted by Gasteiger charge is -2.15. The number of carbonyl (C=O) groups is 1. The highest BCUT2D eigenvalue weighted by Crippen LogP contribution is 2.20. The van der Waals surface area contributed by atoms with Crippen molar-refractivity contribution in [3.63, 3.8) is 0 Å². The fourth-order valence-corrected chi connectivity index (χ4v) is 3.28. The number of carbonyl (C=O) groups excluding carboxylic acids is 1. The summed E-state index contributed by atoms with van der Waals surface area (Å²) in [5.41, 5.74) is 1.12. The van der Waals surface area contributed by atoms with Crippen LogP contribution in [0.15, 0.2) is 52.5 Å². The summed E-state index contributed by atoms with van der Waals surface area (Å²) in [5, 5.41) is 0.546. The Morgan fingerprint density at radius 2 is 1.77 bits per heavy atom. The Balaban J connectivity index is 2.23. The van der Waals surface area contributed by atoms with Gasteiger partial charge in [0.25, 0.3) is 0 Å². The van der Waals surface area contributed by atoms with E-state index in [0.717, 1.165) is 10.5 Å². The zero-order valence-corrected chi connectivity index (χ0v) is 14.4. The van der Waals surface area contributed by atoms with Gasteiger partial charge >= 0.3 is 0 Å². The standard InChI is InChI=1S/C18H23NO2S/c1-13(2)15(4)12-17(20)19-11-5-6-18(19)22(21)16-9-7-14(3)8-10-16/h5-11,13,15H,12H2,1-4H3/t15-,22?/m0/s1. The van der Waals surface area contributed by atoms with Gasteiger partial charge in [-0.25, -0.2) is 4.21 Å². The first-order chi connectivity index (χ1) is 10.4. The van der Waals surface area contributed by atoms with Crippen LogP contribution in [0.2, 0.25) is 0 Å². The van der Waals surface area contributed by atoms with Crippen LogP contribution in [0.4, 0.5) is 0 Å². The number of nitrogens with zero attached hydrogens (tertiary/aromatic N) is 1. The third kappa shape index (κ3) is 3.74. The number of hydrogen-bond donors (Lipinski definition) is 0. The maximum Gasteiger partial charge on any atom is 0.231 e. The Morgan fingerprint density at radius 3 is 2.36 bits per heavy atom. The summed E-state index contributed by atoms with van der Waals surface area (Å²) < 4.78 is 14.2. The summed E-state index contributed by atoms with van der Waals surface area (Å²) in [6, 6.07) is 11.1. The van der Waals surface area contributed by atoms with E-state index >= 15 is 0 Å². The summed E-state index contributed by atoms with van der Waals surface area (Å²) in [6.07, 6.45) is 2.17. The molecule has 2 atom stereocenters. The topological polar surface area (TPSA) is 39.1 Å². The van der Waals surface area contributed by atoms with Crippen molar-refractivity contribution in [1.29, 1.82) is 0 Å². The third-order valence-electron chi connectivity index (χ3n) is 4.04. The van der Waals surface area contributed by atoms with Crippen LogP contribution in [0.1, 0.15) is 37.6 Å². The van der Waals surface area contributed by atoms with Crippen LogP contribution in [-0.4, -0.2) is 14.7 Å². The lowest BCUT2D eigenvalue weighted by atomic mass is 9.94. The van der Waals surface area contributed by atoms with Crippen molar-refractivity contribution in [3.8, 4) is 0 Å². The number of aryl methyl sites for hydroxylation is 1. The van der Waals surface area contributed by atoms with E-state index in [9.17, 15) is 9.00 Å². The largest absolute Gasteiger partial charge is 0.279 e. The number of rotatable bonds is 5. The van der Waals surface area contributed by atoms with Gasteiger partial charge < -0.3 is 0 Å². The van der Waals surface area contributed by atoms with Crippen molar-refractivity contribution in [3.05, 3.63) is 48.2 Å². The first-order valence-corrected chi connectivity index (χ1v) is 8.74. The van der Waals surface area contributed by atoms with E-state index in [0.29, 0.717) is 23.3 Å². The second-order valence-corrected chi connectivity index (χ2v) is 7.54. The smallest absolute Gasteiger partial charge is 0.231 e. The molecule has 22 heavy (non-hydrogen) atoms. The lowest BCUT2D eigenvalue weighted by molar-refractivity contribution is 0.0862. The van der Waals surface area contributed by atoms with Crippen molar-refractivity contribution < 1.29 is 9.00 Å². The lowest BCUT2D eigenvalue weighted by Crippen LogP contribution is -2.18. The van der Waals surface area contributed by atoms with Gasteiger partial charge in [0.15, 0.2) is 0 Å². The minimum absolute atomic E-state index is 0.00154. The van der Waals surface area contributed by atoms with Crippen LogP contribution < -0.4 is 0 Å². The molecule has 0 radical (unpaired) electrons. The van der Waals surface area contributed by atoms with Crippen LogP contribution in [0, 0.1) is 18.8 Å². The van der Waals surface area contributed by atoms with Gasteiger partial charge in [-0.15, -0.1) is 0 Å². The molecule has 0 aliphatic heterocycles. The summed E-state index contributed by atoms with van der Waals surface area (Å²) in [5.74, 6) is 0.753. The fourth-order valence-electron chi connectivity index (χ4n) is 2.11.